The van der Waals surface area contributed by atoms with Crippen molar-refractivity contribution in [2.45, 2.75) is 24.2 Å². The van der Waals surface area contributed by atoms with Crippen LogP contribution in [0.15, 0.2) is 80.4 Å². The summed E-state index contributed by atoms with van der Waals surface area (Å²) in [6, 6.07) is 18.1. The van der Waals surface area contributed by atoms with Gasteiger partial charge in [-0.1, -0.05) is 0 Å². The normalized spacial score (nSPS) is 27.5. The second-order valence-electron chi connectivity index (χ2n) is 11.3. The summed E-state index contributed by atoms with van der Waals surface area (Å²) in [5.74, 6) is -1.91. The van der Waals surface area contributed by atoms with Gasteiger partial charge in [0.2, 0.25) is 11.8 Å². The number of nitrogens with zero attached hydrogens (tertiary/aromatic N) is 4. The van der Waals surface area contributed by atoms with Gasteiger partial charge in [0.05, 0.1) is 57.1 Å². The summed E-state index contributed by atoms with van der Waals surface area (Å²) in [4.78, 5) is 62.0. The van der Waals surface area contributed by atoms with Gasteiger partial charge in [0, 0.05) is 9.75 Å². The molecule has 2 aromatic carbocycles. The van der Waals surface area contributed by atoms with Crippen LogP contribution in [0.5, 0.6) is 11.5 Å². The molecule has 0 aliphatic carbocycles. The number of fused-ring (bicyclic) bond motifs is 5. The molecule has 4 aliphatic rings. The molecule has 8 rings (SSSR count). The highest BCUT2D eigenvalue weighted by Gasteiger charge is 2.74. The molecule has 4 saturated heterocycles. The SMILES string of the molecule is COc1ccc(N2C(=O)C3C(C2=O)N2C(c4ccc(Br)s4)C4C(=O)N(c5ccc(OC)cc5)C(=O)C4N2C3c2ccc(Br)s2)cc1. The first-order chi connectivity index (χ1) is 22.2. The number of anilines is 2. The fraction of sp³-hybridized carbons (Fsp3) is 0.250. The number of halogens is 2. The molecule has 0 N–H and O–H groups in total. The number of rotatable bonds is 6. The lowest BCUT2D eigenvalue weighted by atomic mass is 9.88. The second-order valence-corrected chi connectivity index (χ2v) is 16.3. The van der Waals surface area contributed by atoms with Gasteiger partial charge in [-0.05, 0) is 105 Å². The Bertz CT molecular complexity index is 1780. The Morgan fingerprint density at radius 2 is 0.891 bits per heavy atom. The summed E-state index contributed by atoms with van der Waals surface area (Å²) in [6.45, 7) is 0. The van der Waals surface area contributed by atoms with Crippen LogP contribution in [0.4, 0.5) is 11.4 Å². The highest BCUT2D eigenvalue weighted by Crippen LogP contribution is 2.61. The Balaban J connectivity index is 1.29. The van der Waals surface area contributed by atoms with Crippen LogP contribution in [0.2, 0.25) is 0 Å². The Kier molecular flexibility index (Phi) is 7.23. The van der Waals surface area contributed by atoms with E-state index in [4.69, 9.17) is 9.47 Å². The molecule has 0 saturated carbocycles. The summed E-state index contributed by atoms with van der Waals surface area (Å²) in [6.07, 6.45) is 0. The summed E-state index contributed by atoms with van der Waals surface area (Å²) >= 11 is 10.0. The monoisotopic (exact) mass is 782 g/mol. The average Bonchev–Trinajstić information content (AvgIpc) is 3.89. The van der Waals surface area contributed by atoms with E-state index < -0.39 is 47.8 Å². The molecule has 46 heavy (non-hydrogen) atoms. The van der Waals surface area contributed by atoms with Crippen LogP contribution in [0.3, 0.4) is 0 Å². The van der Waals surface area contributed by atoms with Gasteiger partial charge in [0.15, 0.2) is 0 Å². The van der Waals surface area contributed by atoms with E-state index in [2.05, 4.69) is 31.9 Å². The smallest absolute Gasteiger partial charge is 0.253 e. The fourth-order valence-corrected chi connectivity index (χ4v) is 10.5. The van der Waals surface area contributed by atoms with Crippen LogP contribution in [-0.4, -0.2) is 59.9 Å². The Labute approximate surface area is 288 Å². The highest BCUT2D eigenvalue weighted by molar-refractivity contribution is 9.11. The quantitative estimate of drug-likeness (QED) is 0.227. The average molecular weight is 785 g/mol. The number of thiophene rings is 2. The molecule has 2 aromatic heterocycles. The van der Waals surface area contributed by atoms with Crippen molar-refractivity contribution >= 4 is 89.5 Å². The molecule has 234 valence electrons. The maximum absolute atomic E-state index is 14.5. The van der Waals surface area contributed by atoms with E-state index in [1.165, 1.54) is 32.5 Å². The zero-order valence-electron chi connectivity index (χ0n) is 24.2. The maximum atomic E-state index is 14.5. The molecular formula is C32H24Br2N4O6S2. The first-order valence-corrected chi connectivity index (χ1v) is 17.6. The van der Waals surface area contributed by atoms with Crippen molar-refractivity contribution in [2.24, 2.45) is 11.8 Å². The third-order valence-corrected chi connectivity index (χ3v) is 12.5. The predicted octanol–water partition coefficient (Wildman–Crippen LogP) is 5.80. The molecule has 0 bridgehead atoms. The summed E-state index contributed by atoms with van der Waals surface area (Å²) < 4.78 is 12.3. The minimum absolute atomic E-state index is 0.351. The van der Waals surface area contributed by atoms with Gasteiger partial charge in [-0.15, -0.1) is 22.7 Å². The van der Waals surface area contributed by atoms with Crippen molar-refractivity contribution in [3.05, 3.63) is 90.1 Å². The van der Waals surface area contributed by atoms with Crippen LogP contribution in [-0.2, 0) is 19.2 Å². The third kappa shape index (κ3) is 4.24. The minimum Gasteiger partial charge on any atom is -0.497 e. The van der Waals surface area contributed by atoms with Crippen molar-refractivity contribution in [2.75, 3.05) is 24.0 Å². The molecule has 0 spiro atoms. The number of hydrazine groups is 1. The molecule has 6 atom stereocenters. The molecule has 4 fully saturated rings. The van der Waals surface area contributed by atoms with Gasteiger partial charge in [-0.3, -0.25) is 19.2 Å². The Hall–Kier alpha value is -3.40. The molecular weight excluding hydrogens is 760 g/mol. The van der Waals surface area contributed by atoms with E-state index in [9.17, 15) is 19.2 Å². The van der Waals surface area contributed by atoms with E-state index >= 15 is 0 Å². The van der Waals surface area contributed by atoms with Gasteiger partial charge < -0.3 is 9.47 Å². The molecule has 4 aliphatic heterocycles. The van der Waals surface area contributed by atoms with Crippen molar-refractivity contribution < 1.29 is 28.7 Å². The lowest BCUT2D eigenvalue weighted by Crippen LogP contribution is -2.50. The number of amides is 4. The largest absolute Gasteiger partial charge is 0.497 e. The lowest BCUT2D eigenvalue weighted by molar-refractivity contribution is -0.135. The summed E-state index contributed by atoms with van der Waals surface area (Å²) in [5, 5.41) is 3.75. The Morgan fingerprint density at radius 1 is 0.522 bits per heavy atom. The van der Waals surface area contributed by atoms with Gasteiger partial charge in [-0.25, -0.2) is 19.8 Å². The van der Waals surface area contributed by atoms with E-state index in [1.54, 1.807) is 62.8 Å². The van der Waals surface area contributed by atoms with Crippen molar-refractivity contribution in [1.82, 2.24) is 10.0 Å². The second kappa shape index (κ2) is 11.1. The third-order valence-electron chi connectivity index (χ3n) is 9.16. The number of carbonyl (C=O) groups is 4. The molecule has 0 radical (unpaired) electrons. The molecule has 4 aromatic rings. The molecule has 6 heterocycles. The number of methoxy groups -OCH3 is 2. The first kappa shape index (κ1) is 30.0. The molecule has 14 heteroatoms. The van der Waals surface area contributed by atoms with Crippen molar-refractivity contribution in [3.8, 4) is 11.5 Å². The maximum Gasteiger partial charge on any atom is 0.253 e. The zero-order valence-corrected chi connectivity index (χ0v) is 29.0. The lowest BCUT2D eigenvalue weighted by Gasteiger charge is -2.35. The topological polar surface area (TPSA) is 99.7 Å². The number of hydrogen-bond donors (Lipinski definition) is 0. The molecule has 6 unspecified atom stereocenters. The predicted molar refractivity (Wildman–Crippen MR) is 179 cm³/mol. The van der Waals surface area contributed by atoms with Gasteiger partial charge >= 0.3 is 0 Å². The van der Waals surface area contributed by atoms with E-state index in [1.807, 2.05) is 34.3 Å². The van der Waals surface area contributed by atoms with Crippen LogP contribution < -0.4 is 19.3 Å². The zero-order chi connectivity index (χ0) is 32.0. The molecule has 4 amide bonds. The number of ether oxygens (including phenoxy) is 2. The van der Waals surface area contributed by atoms with E-state index in [-0.39, 0.29) is 11.8 Å². The minimum atomic E-state index is -0.924. The van der Waals surface area contributed by atoms with Gasteiger partial charge in [-0.2, -0.15) is 0 Å². The number of carbonyl (C=O) groups excluding carboxylic acids is 4. The standard InChI is InChI=1S/C32H24Br2N4O6S2/c1-43-17-7-3-15(4-8-17)35-29(39)23-25(19-11-13-21(33)45-19)38-28-24(26(20-12-14-22(34)46-20)37(38)27(23)31(35)41)30(40)36(32(28)42)16-5-9-18(44-2)10-6-16/h3-14,23-28H,1-2H3. The van der Waals surface area contributed by atoms with Crippen molar-refractivity contribution in [1.29, 1.82) is 0 Å². The van der Waals surface area contributed by atoms with Crippen LogP contribution in [0.1, 0.15) is 21.8 Å². The van der Waals surface area contributed by atoms with Crippen LogP contribution >= 0.6 is 54.5 Å². The van der Waals surface area contributed by atoms with Crippen molar-refractivity contribution in [3.63, 3.8) is 0 Å². The fourth-order valence-electron chi connectivity index (χ4n) is 7.34. The van der Waals surface area contributed by atoms with Gasteiger partial charge in [0.1, 0.15) is 23.6 Å². The highest BCUT2D eigenvalue weighted by atomic mass is 79.9. The van der Waals surface area contributed by atoms with Gasteiger partial charge in [0.25, 0.3) is 11.8 Å². The van der Waals surface area contributed by atoms with Crippen LogP contribution in [0, 0.1) is 11.8 Å². The number of hydrogen-bond acceptors (Lipinski definition) is 10. The van der Waals surface area contributed by atoms with Crippen LogP contribution in [0.25, 0.3) is 0 Å². The van der Waals surface area contributed by atoms with E-state index in [0.29, 0.717) is 22.9 Å². The first-order valence-electron chi connectivity index (χ1n) is 14.3. The molecule has 10 nitrogen and oxygen atoms in total. The summed E-state index contributed by atoms with van der Waals surface area (Å²) in [5.41, 5.74) is 0.881. The summed E-state index contributed by atoms with van der Waals surface area (Å²) in [7, 11) is 3.10. The number of imide groups is 2. The number of benzene rings is 2. The Morgan fingerprint density at radius 3 is 1.20 bits per heavy atom. The van der Waals surface area contributed by atoms with E-state index in [0.717, 1.165) is 17.3 Å².